The van der Waals surface area contributed by atoms with Gasteiger partial charge in [0.15, 0.2) is 34.6 Å². The number of rotatable bonds is 15. The SMILES string of the molecule is COc1cc(/C=C/C(=O)CC(=O)/C=C/c2ccc(OCc3ccc(OCCN4CCCCC4)cc3)c(OC)c2)ccc1O. The molecular formula is C35H39NO7. The summed E-state index contributed by atoms with van der Waals surface area (Å²) in [5, 5.41) is 9.68. The molecule has 1 aliphatic heterocycles. The number of methoxy groups -OCH3 is 2. The van der Waals surface area contributed by atoms with Crippen molar-refractivity contribution in [2.45, 2.75) is 32.3 Å². The number of aromatic hydroxyl groups is 1. The number of allylic oxidation sites excluding steroid dienone is 2. The van der Waals surface area contributed by atoms with Gasteiger partial charge in [-0.15, -0.1) is 0 Å². The average Bonchev–Trinajstić information content (AvgIpc) is 3.03. The largest absolute Gasteiger partial charge is 0.504 e. The molecule has 1 N–H and O–H groups in total. The lowest BCUT2D eigenvalue weighted by Gasteiger charge is -2.26. The highest BCUT2D eigenvalue weighted by molar-refractivity contribution is 6.10. The molecule has 1 aliphatic rings. The average molecular weight is 586 g/mol. The number of hydrogen-bond donors (Lipinski definition) is 1. The van der Waals surface area contributed by atoms with E-state index in [0.29, 0.717) is 36.0 Å². The number of nitrogens with zero attached hydrogens (tertiary/aromatic N) is 1. The van der Waals surface area contributed by atoms with Crippen LogP contribution in [0.4, 0.5) is 0 Å². The molecule has 3 aromatic rings. The molecule has 0 aliphatic carbocycles. The molecule has 0 atom stereocenters. The van der Waals surface area contributed by atoms with E-state index in [1.807, 2.05) is 30.3 Å². The lowest BCUT2D eigenvalue weighted by Crippen LogP contribution is -2.33. The van der Waals surface area contributed by atoms with Gasteiger partial charge < -0.3 is 24.1 Å². The van der Waals surface area contributed by atoms with Crippen LogP contribution in [0, 0.1) is 0 Å². The number of benzene rings is 3. The van der Waals surface area contributed by atoms with Crippen LogP contribution >= 0.6 is 0 Å². The highest BCUT2D eigenvalue weighted by atomic mass is 16.5. The van der Waals surface area contributed by atoms with Crippen LogP contribution in [0.25, 0.3) is 12.2 Å². The number of ketones is 2. The van der Waals surface area contributed by atoms with Crippen LogP contribution in [-0.4, -0.2) is 62.0 Å². The molecular weight excluding hydrogens is 546 g/mol. The molecule has 0 aromatic heterocycles. The normalized spacial score (nSPS) is 13.7. The van der Waals surface area contributed by atoms with Crippen molar-refractivity contribution in [3.8, 4) is 28.7 Å². The Morgan fingerprint density at radius 2 is 1.40 bits per heavy atom. The first-order valence-electron chi connectivity index (χ1n) is 14.5. The predicted molar refractivity (Wildman–Crippen MR) is 167 cm³/mol. The van der Waals surface area contributed by atoms with Crippen molar-refractivity contribution in [3.05, 3.63) is 89.5 Å². The Morgan fingerprint density at radius 1 is 0.767 bits per heavy atom. The van der Waals surface area contributed by atoms with Crippen molar-refractivity contribution in [2.24, 2.45) is 0 Å². The minimum Gasteiger partial charge on any atom is -0.504 e. The van der Waals surface area contributed by atoms with Gasteiger partial charge >= 0.3 is 0 Å². The van der Waals surface area contributed by atoms with Gasteiger partial charge in [0.05, 0.1) is 20.6 Å². The maximum Gasteiger partial charge on any atom is 0.163 e. The van der Waals surface area contributed by atoms with Gasteiger partial charge in [-0.1, -0.05) is 42.8 Å². The predicted octanol–water partition coefficient (Wildman–Crippen LogP) is 6.11. The van der Waals surface area contributed by atoms with Crippen LogP contribution in [0.15, 0.2) is 72.8 Å². The molecule has 0 amide bonds. The zero-order chi connectivity index (χ0) is 30.4. The van der Waals surface area contributed by atoms with Crippen molar-refractivity contribution in [1.82, 2.24) is 4.90 Å². The summed E-state index contributed by atoms with van der Waals surface area (Å²) in [6.07, 6.45) is 9.55. The molecule has 0 unspecified atom stereocenters. The van der Waals surface area contributed by atoms with Crippen molar-refractivity contribution in [2.75, 3.05) is 40.5 Å². The standard InChI is InChI=1S/C35H39NO7/c1-40-34-22-26(10-16-32(34)39)6-12-29(37)24-30(38)13-7-27-11-17-33(35(23-27)41-2)43-25-28-8-14-31(15-9-28)42-21-20-36-18-4-3-5-19-36/h6-17,22-23,39H,3-5,18-21,24-25H2,1-2H3/b12-6+,13-7+. The number of phenols is 1. The lowest BCUT2D eigenvalue weighted by atomic mass is 10.1. The third-order valence-corrected chi connectivity index (χ3v) is 7.11. The zero-order valence-electron chi connectivity index (χ0n) is 24.8. The first kappa shape index (κ1) is 31.4. The van der Waals surface area contributed by atoms with E-state index >= 15 is 0 Å². The summed E-state index contributed by atoms with van der Waals surface area (Å²) in [5.74, 6) is 1.63. The van der Waals surface area contributed by atoms with Crippen molar-refractivity contribution in [3.63, 3.8) is 0 Å². The van der Waals surface area contributed by atoms with Gasteiger partial charge in [-0.3, -0.25) is 14.5 Å². The van der Waals surface area contributed by atoms with E-state index in [1.54, 1.807) is 43.5 Å². The topological polar surface area (TPSA) is 94.5 Å². The number of piperidine rings is 1. The van der Waals surface area contributed by atoms with E-state index in [2.05, 4.69) is 4.90 Å². The molecule has 0 radical (unpaired) electrons. The Labute approximate surface area is 253 Å². The Hall–Kier alpha value is -4.56. The zero-order valence-corrected chi connectivity index (χ0v) is 24.8. The van der Waals surface area contributed by atoms with E-state index in [1.165, 1.54) is 44.6 Å². The number of hydrogen-bond acceptors (Lipinski definition) is 8. The van der Waals surface area contributed by atoms with Crippen LogP contribution in [-0.2, 0) is 16.2 Å². The van der Waals surface area contributed by atoms with Gasteiger partial charge in [-0.25, -0.2) is 0 Å². The van der Waals surface area contributed by atoms with Crippen LogP contribution < -0.4 is 18.9 Å². The molecule has 8 nitrogen and oxygen atoms in total. The summed E-state index contributed by atoms with van der Waals surface area (Å²) >= 11 is 0. The Morgan fingerprint density at radius 3 is 2.05 bits per heavy atom. The van der Waals surface area contributed by atoms with Gasteiger partial charge in [0.1, 0.15) is 19.0 Å². The van der Waals surface area contributed by atoms with E-state index in [0.717, 1.165) is 36.5 Å². The highest BCUT2D eigenvalue weighted by Gasteiger charge is 2.10. The summed E-state index contributed by atoms with van der Waals surface area (Å²) in [6, 6.07) is 18.0. The second-order valence-corrected chi connectivity index (χ2v) is 10.3. The first-order valence-corrected chi connectivity index (χ1v) is 14.5. The number of likely N-dealkylation sites (tertiary alicyclic amines) is 1. The lowest BCUT2D eigenvalue weighted by molar-refractivity contribution is -0.121. The molecule has 3 aromatic carbocycles. The fourth-order valence-corrected chi connectivity index (χ4v) is 4.69. The fraction of sp³-hybridized carbons (Fsp3) is 0.314. The molecule has 226 valence electrons. The van der Waals surface area contributed by atoms with Crippen molar-refractivity contribution >= 4 is 23.7 Å². The van der Waals surface area contributed by atoms with Crippen LogP contribution in [0.2, 0.25) is 0 Å². The van der Waals surface area contributed by atoms with Crippen molar-refractivity contribution in [1.29, 1.82) is 0 Å². The highest BCUT2D eigenvalue weighted by Crippen LogP contribution is 2.30. The Bertz CT molecular complexity index is 1420. The van der Waals surface area contributed by atoms with E-state index < -0.39 is 0 Å². The van der Waals surface area contributed by atoms with E-state index in [9.17, 15) is 14.7 Å². The number of carbonyl (C=O) groups is 2. The molecule has 1 fully saturated rings. The Kier molecular flexibility index (Phi) is 11.8. The third-order valence-electron chi connectivity index (χ3n) is 7.11. The molecule has 0 spiro atoms. The summed E-state index contributed by atoms with van der Waals surface area (Å²) < 4.78 is 22.5. The molecule has 1 heterocycles. The molecule has 0 saturated carbocycles. The molecule has 8 heteroatoms. The minimum absolute atomic E-state index is 0.0109. The molecule has 4 rings (SSSR count). The van der Waals surface area contributed by atoms with Gasteiger partial charge in [0.25, 0.3) is 0 Å². The molecule has 43 heavy (non-hydrogen) atoms. The van der Waals surface area contributed by atoms with Gasteiger partial charge in [-0.2, -0.15) is 0 Å². The first-order chi connectivity index (χ1) is 20.9. The van der Waals surface area contributed by atoms with Crippen molar-refractivity contribution < 1.29 is 33.6 Å². The maximum atomic E-state index is 12.4. The van der Waals surface area contributed by atoms with E-state index in [-0.39, 0.29) is 23.7 Å². The number of phenolic OH excluding ortho intramolecular Hbond substituents is 1. The monoisotopic (exact) mass is 585 g/mol. The van der Waals surface area contributed by atoms with Crippen LogP contribution in [0.5, 0.6) is 28.7 Å². The summed E-state index contributed by atoms with van der Waals surface area (Å²) in [7, 11) is 3.01. The minimum atomic E-state index is -0.333. The second kappa shape index (κ2) is 16.2. The second-order valence-electron chi connectivity index (χ2n) is 10.3. The van der Waals surface area contributed by atoms with Gasteiger partial charge in [-0.05, 0) is 91.2 Å². The summed E-state index contributed by atoms with van der Waals surface area (Å²) in [4.78, 5) is 27.1. The molecule has 0 bridgehead atoms. The quantitative estimate of drug-likeness (QED) is 0.169. The molecule has 1 saturated heterocycles. The summed E-state index contributed by atoms with van der Waals surface area (Å²) in [6.45, 7) is 4.34. The number of carbonyl (C=O) groups excluding carboxylic acids is 2. The van der Waals surface area contributed by atoms with Gasteiger partial charge in [0, 0.05) is 6.54 Å². The van der Waals surface area contributed by atoms with Gasteiger partial charge in [0.2, 0.25) is 0 Å². The van der Waals surface area contributed by atoms with Crippen LogP contribution in [0.3, 0.4) is 0 Å². The number of ether oxygens (including phenoxy) is 4. The fourth-order valence-electron chi connectivity index (χ4n) is 4.69. The Balaban J connectivity index is 1.23. The third kappa shape index (κ3) is 10.0. The maximum absolute atomic E-state index is 12.4. The smallest absolute Gasteiger partial charge is 0.163 e. The van der Waals surface area contributed by atoms with Crippen LogP contribution in [0.1, 0.15) is 42.4 Å². The van der Waals surface area contributed by atoms with E-state index in [4.69, 9.17) is 18.9 Å². The summed E-state index contributed by atoms with van der Waals surface area (Å²) in [5.41, 5.74) is 2.41.